The first-order valence-corrected chi connectivity index (χ1v) is 5.63. The normalized spacial score (nSPS) is 10.0. The van der Waals surface area contributed by atoms with E-state index in [0.29, 0.717) is 18.0 Å². The molecule has 0 N–H and O–H groups in total. The summed E-state index contributed by atoms with van der Waals surface area (Å²) in [6.45, 7) is 0.582. The number of amides is 1. The molecule has 0 aliphatic rings. The van der Waals surface area contributed by atoms with E-state index in [2.05, 4.69) is 12.6 Å². The van der Waals surface area contributed by atoms with Crippen molar-refractivity contribution in [3.63, 3.8) is 0 Å². The summed E-state index contributed by atoms with van der Waals surface area (Å²) in [5.74, 6) is 0.782. The van der Waals surface area contributed by atoms with Crippen LogP contribution in [0.1, 0.15) is 5.56 Å². The molecule has 0 aromatic heterocycles. The standard InChI is InChI=1S/C11H14ClNO2S/c1-13(11(14)16)6-5-8-7-9(12)3-4-10(8)15-2/h3-4,7H,5-6H2,1-2H3,(H,14,16). The molecule has 0 saturated heterocycles. The first-order valence-electron chi connectivity index (χ1n) is 4.81. The van der Waals surface area contributed by atoms with Gasteiger partial charge >= 0.3 is 0 Å². The molecule has 0 spiro atoms. The third-order valence-corrected chi connectivity index (χ3v) is 2.86. The average molecular weight is 260 g/mol. The SMILES string of the molecule is COc1ccc(Cl)cc1CCN(C)C(=O)S. The minimum absolute atomic E-state index is 0.249. The number of methoxy groups -OCH3 is 1. The fraction of sp³-hybridized carbons (Fsp3) is 0.364. The number of likely N-dealkylation sites (N-methyl/N-ethyl adjacent to an activating group) is 1. The Kier molecular flexibility index (Phi) is 4.96. The lowest BCUT2D eigenvalue weighted by Gasteiger charge is -2.15. The molecule has 1 amide bonds. The lowest BCUT2D eigenvalue weighted by Crippen LogP contribution is -2.23. The van der Waals surface area contributed by atoms with E-state index in [9.17, 15) is 4.79 Å². The van der Waals surface area contributed by atoms with Gasteiger partial charge in [0.2, 0.25) is 0 Å². The second kappa shape index (κ2) is 6.01. The van der Waals surface area contributed by atoms with Crippen molar-refractivity contribution < 1.29 is 9.53 Å². The van der Waals surface area contributed by atoms with Gasteiger partial charge in [0.1, 0.15) is 5.75 Å². The fourth-order valence-electron chi connectivity index (χ4n) is 1.33. The van der Waals surface area contributed by atoms with Gasteiger partial charge in [-0.25, -0.2) is 0 Å². The second-order valence-electron chi connectivity index (χ2n) is 3.41. The molecule has 0 unspecified atom stereocenters. The summed E-state index contributed by atoms with van der Waals surface area (Å²) in [4.78, 5) is 12.5. The third kappa shape index (κ3) is 3.61. The lowest BCUT2D eigenvalue weighted by molar-refractivity contribution is 0.234. The molecular formula is C11H14ClNO2S. The summed E-state index contributed by atoms with van der Waals surface area (Å²) in [5.41, 5.74) is 0.983. The molecule has 5 heteroatoms. The zero-order chi connectivity index (χ0) is 12.1. The number of carbonyl (C=O) groups is 1. The van der Waals surface area contributed by atoms with Gasteiger partial charge in [0.15, 0.2) is 0 Å². The molecule has 16 heavy (non-hydrogen) atoms. The van der Waals surface area contributed by atoms with Gasteiger partial charge < -0.3 is 9.64 Å². The highest BCUT2D eigenvalue weighted by Gasteiger charge is 2.07. The summed E-state index contributed by atoms with van der Waals surface area (Å²) in [7, 11) is 3.31. The molecule has 1 rings (SSSR count). The van der Waals surface area contributed by atoms with Crippen LogP contribution in [-0.2, 0) is 6.42 Å². The summed E-state index contributed by atoms with van der Waals surface area (Å²) in [6, 6.07) is 5.44. The van der Waals surface area contributed by atoms with Crippen molar-refractivity contribution in [3.8, 4) is 5.75 Å². The van der Waals surface area contributed by atoms with E-state index in [0.717, 1.165) is 11.3 Å². The molecule has 1 aromatic carbocycles. The molecule has 0 fully saturated rings. The van der Waals surface area contributed by atoms with Crippen LogP contribution in [0.4, 0.5) is 4.79 Å². The van der Waals surface area contributed by atoms with E-state index in [1.165, 1.54) is 4.90 Å². The van der Waals surface area contributed by atoms with Crippen molar-refractivity contribution in [1.29, 1.82) is 0 Å². The molecule has 0 bridgehead atoms. The second-order valence-corrected chi connectivity index (χ2v) is 4.23. The van der Waals surface area contributed by atoms with Crippen LogP contribution >= 0.6 is 24.2 Å². The van der Waals surface area contributed by atoms with Crippen molar-refractivity contribution in [2.24, 2.45) is 0 Å². The van der Waals surface area contributed by atoms with E-state index in [4.69, 9.17) is 16.3 Å². The van der Waals surface area contributed by atoms with Crippen LogP contribution in [-0.4, -0.2) is 30.8 Å². The maximum absolute atomic E-state index is 10.9. The first kappa shape index (κ1) is 13.2. The Morgan fingerprint density at radius 2 is 2.25 bits per heavy atom. The van der Waals surface area contributed by atoms with E-state index in [1.807, 2.05) is 12.1 Å². The number of hydrogen-bond donors (Lipinski definition) is 1. The van der Waals surface area contributed by atoms with Gasteiger partial charge in [0.05, 0.1) is 7.11 Å². The van der Waals surface area contributed by atoms with Crippen molar-refractivity contribution in [2.45, 2.75) is 6.42 Å². The van der Waals surface area contributed by atoms with Crippen molar-refractivity contribution in [3.05, 3.63) is 28.8 Å². The number of halogens is 1. The van der Waals surface area contributed by atoms with E-state index in [-0.39, 0.29) is 5.24 Å². The quantitative estimate of drug-likeness (QED) is 0.843. The van der Waals surface area contributed by atoms with Gasteiger partial charge in [-0.3, -0.25) is 4.79 Å². The molecular weight excluding hydrogens is 246 g/mol. The van der Waals surface area contributed by atoms with Crippen LogP contribution in [0.2, 0.25) is 5.02 Å². The Bertz CT molecular complexity index is 384. The monoisotopic (exact) mass is 259 g/mol. The molecule has 0 heterocycles. The number of rotatable bonds is 4. The molecule has 0 radical (unpaired) electrons. The van der Waals surface area contributed by atoms with Gasteiger partial charge in [-0.15, -0.1) is 0 Å². The number of benzene rings is 1. The summed E-state index contributed by atoms with van der Waals surface area (Å²) in [5, 5.41) is 0.414. The zero-order valence-electron chi connectivity index (χ0n) is 9.24. The highest BCUT2D eigenvalue weighted by Crippen LogP contribution is 2.23. The Morgan fingerprint density at radius 3 is 2.81 bits per heavy atom. The van der Waals surface area contributed by atoms with Crippen LogP contribution in [0.15, 0.2) is 18.2 Å². The van der Waals surface area contributed by atoms with Gasteiger partial charge in [0, 0.05) is 18.6 Å². The predicted molar refractivity (Wildman–Crippen MR) is 68.7 cm³/mol. The van der Waals surface area contributed by atoms with Crippen molar-refractivity contribution >= 4 is 29.5 Å². The Hall–Kier alpha value is -0.870. The number of nitrogens with zero attached hydrogens (tertiary/aromatic N) is 1. The van der Waals surface area contributed by atoms with Gasteiger partial charge in [-0.1, -0.05) is 24.2 Å². The van der Waals surface area contributed by atoms with E-state index >= 15 is 0 Å². The van der Waals surface area contributed by atoms with Crippen molar-refractivity contribution in [2.75, 3.05) is 20.7 Å². The maximum Gasteiger partial charge on any atom is 0.278 e. The molecule has 0 aliphatic heterocycles. The number of ether oxygens (including phenoxy) is 1. The van der Waals surface area contributed by atoms with Crippen LogP contribution in [0.3, 0.4) is 0 Å². The van der Waals surface area contributed by atoms with Crippen LogP contribution in [0.5, 0.6) is 5.75 Å². The number of thiol groups is 1. The maximum atomic E-state index is 10.9. The minimum atomic E-state index is -0.249. The Morgan fingerprint density at radius 1 is 1.56 bits per heavy atom. The zero-order valence-corrected chi connectivity index (χ0v) is 10.9. The van der Waals surface area contributed by atoms with Crippen LogP contribution < -0.4 is 4.74 Å². The molecule has 0 saturated carbocycles. The lowest BCUT2D eigenvalue weighted by atomic mass is 10.1. The van der Waals surface area contributed by atoms with Crippen molar-refractivity contribution in [1.82, 2.24) is 4.90 Å². The largest absolute Gasteiger partial charge is 0.496 e. The molecule has 0 aliphatic carbocycles. The van der Waals surface area contributed by atoms with Crippen LogP contribution in [0, 0.1) is 0 Å². The highest BCUT2D eigenvalue weighted by atomic mass is 35.5. The third-order valence-electron chi connectivity index (χ3n) is 2.29. The van der Waals surface area contributed by atoms with E-state index in [1.54, 1.807) is 20.2 Å². The van der Waals surface area contributed by atoms with Gasteiger partial charge in [-0.05, 0) is 30.2 Å². The summed E-state index contributed by atoms with van der Waals surface area (Å²) in [6.07, 6.45) is 0.687. The number of hydrogen-bond acceptors (Lipinski definition) is 2. The van der Waals surface area contributed by atoms with E-state index < -0.39 is 0 Å². The Balaban J connectivity index is 2.72. The molecule has 88 valence electrons. The smallest absolute Gasteiger partial charge is 0.278 e. The summed E-state index contributed by atoms with van der Waals surface area (Å²) >= 11 is 9.64. The fourth-order valence-corrected chi connectivity index (χ4v) is 1.62. The molecule has 3 nitrogen and oxygen atoms in total. The first-order chi connectivity index (χ1) is 7.54. The predicted octanol–water partition coefficient (Wildman–Crippen LogP) is 2.87. The van der Waals surface area contributed by atoms with Crippen LogP contribution in [0.25, 0.3) is 0 Å². The Labute approximate surface area is 106 Å². The molecule has 0 atom stereocenters. The number of carbonyl (C=O) groups excluding carboxylic acids is 1. The highest BCUT2D eigenvalue weighted by molar-refractivity contribution is 7.96. The average Bonchev–Trinajstić information content (AvgIpc) is 2.25. The minimum Gasteiger partial charge on any atom is -0.496 e. The van der Waals surface area contributed by atoms with Gasteiger partial charge in [0.25, 0.3) is 5.24 Å². The molecule has 1 aromatic rings. The summed E-state index contributed by atoms with van der Waals surface area (Å²) < 4.78 is 5.21. The topological polar surface area (TPSA) is 29.5 Å². The van der Waals surface area contributed by atoms with Gasteiger partial charge in [-0.2, -0.15) is 0 Å².